The number of nitriles is 1. The van der Waals surface area contributed by atoms with Crippen LogP contribution in [-0.4, -0.2) is 4.98 Å². The molecule has 2 nitrogen and oxygen atoms in total. The molecule has 0 saturated heterocycles. The number of rotatable bonds is 0. The highest BCUT2D eigenvalue weighted by Crippen LogP contribution is 2.12. The van der Waals surface area contributed by atoms with Crippen LogP contribution in [0.3, 0.4) is 0 Å². The van der Waals surface area contributed by atoms with E-state index in [1.54, 1.807) is 12.1 Å². The fourth-order valence-corrected chi connectivity index (χ4v) is 1.26. The summed E-state index contributed by atoms with van der Waals surface area (Å²) in [4.78, 5) is 3.87. The molecule has 0 fully saturated rings. The fourth-order valence-electron chi connectivity index (χ4n) is 0.496. The molecule has 1 aromatic rings. The third-order valence-corrected chi connectivity index (χ3v) is 1.82. The minimum Gasteiger partial charge on any atom is -0.229 e. The zero-order valence-electron chi connectivity index (χ0n) is 4.81. The number of hydrogen-bond donors (Lipinski definition) is 0. The van der Waals surface area contributed by atoms with Crippen LogP contribution in [0.15, 0.2) is 12.1 Å². The highest BCUT2D eigenvalue weighted by molar-refractivity contribution is 14.1. The molecule has 1 heterocycles. The largest absolute Gasteiger partial charge is 0.229 e. The first-order chi connectivity index (χ1) is 4.74. The normalized spacial score (nSPS) is 8.90. The van der Waals surface area contributed by atoms with Gasteiger partial charge in [-0.3, -0.25) is 0 Å². The summed E-state index contributed by atoms with van der Waals surface area (Å²) in [6.45, 7) is 0. The molecule has 50 valence electrons. The molecule has 0 atom stereocenters. The van der Waals surface area contributed by atoms with Crippen molar-refractivity contribution in [2.75, 3.05) is 0 Å². The second kappa shape index (κ2) is 3.17. The van der Waals surface area contributed by atoms with Gasteiger partial charge in [0.1, 0.15) is 14.9 Å². The molecule has 1 aromatic heterocycles. The summed E-state index contributed by atoms with van der Waals surface area (Å²) >= 11 is 7.62. The van der Waals surface area contributed by atoms with Gasteiger partial charge in [-0.2, -0.15) is 5.26 Å². The Bertz CT molecular complexity index is 292. The first kappa shape index (κ1) is 7.76. The summed E-state index contributed by atoms with van der Waals surface area (Å²) in [5.74, 6) is 0. The van der Waals surface area contributed by atoms with Crippen LogP contribution in [0.2, 0.25) is 5.15 Å². The van der Waals surface area contributed by atoms with E-state index < -0.39 is 0 Å². The van der Waals surface area contributed by atoms with E-state index in [-0.39, 0.29) is 5.15 Å². The van der Waals surface area contributed by atoms with E-state index in [0.717, 1.165) is 3.70 Å². The summed E-state index contributed by atoms with van der Waals surface area (Å²) in [6, 6.07) is 5.32. The maximum atomic E-state index is 8.43. The molecular formula is C6H2ClIN2. The van der Waals surface area contributed by atoms with Gasteiger partial charge >= 0.3 is 0 Å². The van der Waals surface area contributed by atoms with Gasteiger partial charge in [-0.15, -0.1) is 0 Å². The second-order valence-electron chi connectivity index (χ2n) is 1.58. The molecular weight excluding hydrogens is 262 g/mol. The minimum absolute atomic E-state index is 0.273. The molecule has 10 heavy (non-hydrogen) atoms. The summed E-state index contributed by atoms with van der Waals surface area (Å²) < 4.78 is 0.793. The molecule has 0 amide bonds. The monoisotopic (exact) mass is 264 g/mol. The van der Waals surface area contributed by atoms with Gasteiger partial charge < -0.3 is 0 Å². The number of pyridine rings is 1. The molecule has 0 aromatic carbocycles. The maximum Gasteiger partial charge on any atom is 0.148 e. The first-order valence-corrected chi connectivity index (χ1v) is 3.92. The van der Waals surface area contributed by atoms with E-state index in [1.807, 2.05) is 28.7 Å². The molecule has 4 heteroatoms. The van der Waals surface area contributed by atoms with Crippen LogP contribution in [0.1, 0.15) is 5.56 Å². The number of nitrogens with zero attached hydrogens (tertiary/aromatic N) is 2. The molecule has 0 radical (unpaired) electrons. The molecule has 0 aliphatic heterocycles. The Morgan fingerprint density at radius 2 is 2.30 bits per heavy atom. The Morgan fingerprint density at radius 3 is 2.80 bits per heavy atom. The van der Waals surface area contributed by atoms with E-state index in [0.29, 0.717) is 5.56 Å². The van der Waals surface area contributed by atoms with Crippen LogP contribution >= 0.6 is 34.2 Å². The van der Waals surface area contributed by atoms with E-state index in [9.17, 15) is 0 Å². The minimum atomic E-state index is 0.273. The Labute approximate surface area is 77.0 Å². The molecule has 0 saturated carbocycles. The lowest BCUT2D eigenvalue weighted by Crippen LogP contribution is -1.84. The topological polar surface area (TPSA) is 36.7 Å². The molecule has 1 rings (SSSR count). The van der Waals surface area contributed by atoms with Gasteiger partial charge in [-0.1, -0.05) is 11.6 Å². The van der Waals surface area contributed by atoms with Crippen LogP contribution in [0, 0.1) is 15.0 Å². The SMILES string of the molecule is N#Cc1ccc(I)nc1Cl. The van der Waals surface area contributed by atoms with Gasteiger partial charge in [0.15, 0.2) is 0 Å². The van der Waals surface area contributed by atoms with Crippen LogP contribution in [-0.2, 0) is 0 Å². The van der Waals surface area contributed by atoms with Gasteiger partial charge in [0, 0.05) is 0 Å². The van der Waals surface area contributed by atoms with Crippen molar-refractivity contribution in [2.45, 2.75) is 0 Å². The molecule has 0 aliphatic rings. The summed E-state index contributed by atoms with van der Waals surface area (Å²) in [6.07, 6.45) is 0. The number of halogens is 2. The Balaban J connectivity index is 3.23. The van der Waals surface area contributed by atoms with E-state index in [2.05, 4.69) is 4.98 Å². The average molecular weight is 264 g/mol. The average Bonchev–Trinajstić information content (AvgIpc) is 1.88. The van der Waals surface area contributed by atoms with Crippen molar-refractivity contribution in [2.24, 2.45) is 0 Å². The molecule has 0 aliphatic carbocycles. The van der Waals surface area contributed by atoms with E-state index in [4.69, 9.17) is 16.9 Å². The van der Waals surface area contributed by atoms with Crippen molar-refractivity contribution in [1.82, 2.24) is 4.98 Å². The quantitative estimate of drug-likeness (QED) is 0.532. The first-order valence-electron chi connectivity index (χ1n) is 2.46. The predicted molar refractivity (Wildman–Crippen MR) is 46.7 cm³/mol. The van der Waals surface area contributed by atoms with Gasteiger partial charge in [0.2, 0.25) is 0 Å². The third kappa shape index (κ3) is 1.58. The lowest BCUT2D eigenvalue weighted by atomic mass is 10.3. The van der Waals surface area contributed by atoms with Crippen LogP contribution in [0.25, 0.3) is 0 Å². The molecule has 0 N–H and O–H groups in total. The Kier molecular flexibility index (Phi) is 2.46. The van der Waals surface area contributed by atoms with Crippen molar-refractivity contribution in [3.63, 3.8) is 0 Å². The van der Waals surface area contributed by atoms with Gasteiger partial charge in [-0.05, 0) is 34.7 Å². The summed E-state index contributed by atoms with van der Waals surface area (Å²) in [5, 5.41) is 8.71. The summed E-state index contributed by atoms with van der Waals surface area (Å²) in [5.41, 5.74) is 0.419. The fraction of sp³-hybridized carbons (Fsp3) is 0. The molecule has 0 unspecified atom stereocenters. The van der Waals surface area contributed by atoms with E-state index >= 15 is 0 Å². The van der Waals surface area contributed by atoms with E-state index in [1.165, 1.54) is 0 Å². The Morgan fingerprint density at radius 1 is 1.60 bits per heavy atom. The number of aromatic nitrogens is 1. The molecule has 0 bridgehead atoms. The standard InChI is InChI=1S/C6H2ClIN2/c7-6-4(3-9)1-2-5(8)10-6/h1-2H. The Hall–Kier alpha value is -0.340. The smallest absolute Gasteiger partial charge is 0.148 e. The highest BCUT2D eigenvalue weighted by atomic mass is 127. The predicted octanol–water partition coefficient (Wildman–Crippen LogP) is 2.21. The lowest BCUT2D eigenvalue weighted by molar-refractivity contribution is 1.25. The van der Waals surface area contributed by atoms with Gasteiger partial charge in [0.05, 0.1) is 5.56 Å². The number of hydrogen-bond acceptors (Lipinski definition) is 2. The maximum absolute atomic E-state index is 8.43. The zero-order chi connectivity index (χ0) is 7.56. The second-order valence-corrected chi connectivity index (χ2v) is 3.05. The van der Waals surface area contributed by atoms with Crippen molar-refractivity contribution >= 4 is 34.2 Å². The van der Waals surface area contributed by atoms with Crippen molar-refractivity contribution < 1.29 is 0 Å². The van der Waals surface area contributed by atoms with Crippen molar-refractivity contribution in [1.29, 1.82) is 5.26 Å². The van der Waals surface area contributed by atoms with Crippen LogP contribution in [0.5, 0.6) is 0 Å². The molecule has 0 spiro atoms. The highest BCUT2D eigenvalue weighted by Gasteiger charge is 1.98. The van der Waals surface area contributed by atoms with Gasteiger partial charge in [-0.25, -0.2) is 4.98 Å². The van der Waals surface area contributed by atoms with Crippen LogP contribution < -0.4 is 0 Å². The van der Waals surface area contributed by atoms with Crippen LogP contribution in [0.4, 0.5) is 0 Å². The lowest BCUT2D eigenvalue weighted by Gasteiger charge is -1.92. The van der Waals surface area contributed by atoms with Crippen molar-refractivity contribution in [3.8, 4) is 6.07 Å². The summed E-state index contributed by atoms with van der Waals surface area (Å²) in [7, 11) is 0. The third-order valence-electron chi connectivity index (χ3n) is 0.935. The zero-order valence-corrected chi connectivity index (χ0v) is 7.72. The van der Waals surface area contributed by atoms with Gasteiger partial charge in [0.25, 0.3) is 0 Å². The van der Waals surface area contributed by atoms with Crippen molar-refractivity contribution in [3.05, 3.63) is 26.5 Å².